The standard InChI is InChI=1S/C41H43FN6O5Si/c1-29-39(54(2,3)42)38(19-21-45-26-31(20-22-49)43-44-45)53-41(29)36-24-35(48(28-51)33-14-8-5-9-15-33)17-18-37(36)46(40(41)52)25-30-11-10-16-34(23-30)47(27-50)32-12-6-4-7-13-32/h4-18,23-24,26-29,38-39,49H,19-22,25H2,1-3H3/t29-,38+,39-,41+/m0/s1. The predicted molar refractivity (Wildman–Crippen MR) is 207 cm³/mol. The lowest BCUT2D eigenvalue weighted by atomic mass is 9.82. The topological polar surface area (TPSA) is 121 Å². The molecular formula is C41H43FN6O5Si. The maximum absolute atomic E-state index is 16.6. The first kappa shape index (κ1) is 36.8. The molecule has 54 heavy (non-hydrogen) atoms. The molecule has 3 amide bonds. The van der Waals surface area contributed by atoms with Crippen LogP contribution in [0.5, 0.6) is 0 Å². The van der Waals surface area contributed by atoms with Crippen LogP contribution in [-0.2, 0) is 44.2 Å². The van der Waals surface area contributed by atoms with Crippen LogP contribution in [0.25, 0.3) is 0 Å². The van der Waals surface area contributed by atoms with Gasteiger partial charge in [-0.1, -0.05) is 60.7 Å². The number of rotatable bonds is 14. The minimum absolute atomic E-state index is 0.0490. The summed E-state index contributed by atoms with van der Waals surface area (Å²) in [4.78, 5) is 44.8. The molecule has 0 radical (unpaired) electrons. The summed E-state index contributed by atoms with van der Waals surface area (Å²) >= 11 is 0. The third-order valence-electron chi connectivity index (χ3n) is 10.6. The zero-order valence-corrected chi connectivity index (χ0v) is 31.5. The molecule has 1 N–H and O–H groups in total. The first-order valence-electron chi connectivity index (χ1n) is 18.1. The lowest BCUT2D eigenvalue weighted by molar-refractivity contribution is -0.146. The van der Waals surface area contributed by atoms with E-state index in [2.05, 4.69) is 10.3 Å². The molecule has 0 bridgehead atoms. The number of carbonyl (C=O) groups is 3. The third-order valence-corrected chi connectivity index (χ3v) is 13.1. The van der Waals surface area contributed by atoms with Crippen molar-refractivity contribution in [2.45, 2.75) is 63.2 Å². The molecule has 1 saturated heterocycles. The van der Waals surface area contributed by atoms with E-state index in [0.717, 1.165) is 18.4 Å². The SMILES string of the molecule is C[C@H]1[C@H]([Si](C)(C)F)[C@@H](CCn2cc(CCO)nn2)O[C@]12C(=O)N(Cc1cccc(N(C=O)c3ccccc3)c1)c1ccc(N(C=O)c3ccccc3)cc12. The molecule has 3 heterocycles. The van der Waals surface area contributed by atoms with Gasteiger partial charge in [0.1, 0.15) is 0 Å². The highest BCUT2D eigenvalue weighted by molar-refractivity contribution is 6.72. The molecule has 2 aliphatic rings. The molecule has 2 aliphatic heterocycles. The molecule has 7 rings (SSSR count). The Morgan fingerprint density at radius 3 is 2.13 bits per heavy atom. The molecule has 0 unspecified atom stereocenters. The Morgan fingerprint density at radius 1 is 0.889 bits per heavy atom. The summed E-state index contributed by atoms with van der Waals surface area (Å²) in [5.74, 6) is -0.866. The molecule has 13 heteroatoms. The van der Waals surface area contributed by atoms with Crippen LogP contribution >= 0.6 is 0 Å². The fraction of sp³-hybridized carbons (Fsp3) is 0.293. The minimum Gasteiger partial charge on any atom is -0.396 e. The third kappa shape index (κ3) is 6.74. The van der Waals surface area contributed by atoms with Crippen molar-refractivity contribution >= 4 is 55.6 Å². The number of nitrogens with zero attached hydrogens (tertiary/aromatic N) is 6. The quantitative estimate of drug-likeness (QED) is 0.0753. The second kappa shape index (κ2) is 15.1. The van der Waals surface area contributed by atoms with E-state index in [-0.39, 0.29) is 19.1 Å². The number of amides is 3. The van der Waals surface area contributed by atoms with Gasteiger partial charge in [-0.3, -0.25) is 28.9 Å². The number of ether oxygens (including phenoxy) is 1. The summed E-state index contributed by atoms with van der Waals surface area (Å²) in [6.07, 6.45) is 3.40. The van der Waals surface area contributed by atoms with Crippen molar-refractivity contribution in [2.75, 3.05) is 21.3 Å². The maximum Gasteiger partial charge on any atom is 0.264 e. The zero-order valence-electron chi connectivity index (χ0n) is 30.5. The number of fused-ring (bicyclic) bond motifs is 2. The number of aliphatic hydroxyl groups is 1. The van der Waals surface area contributed by atoms with E-state index in [1.54, 1.807) is 39.8 Å². The summed E-state index contributed by atoms with van der Waals surface area (Å²) in [5, 5.41) is 17.7. The van der Waals surface area contributed by atoms with Gasteiger partial charge in [-0.2, -0.15) is 0 Å². The number of carbonyl (C=O) groups excluding carboxylic acids is 3. The van der Waals surface area contributed by atoms with Crippen LogP contribution in [0.15, 0.2) is 109 Å². The first-order chi connectivity index (χ1) is 26.1. The average Bonchev–Trinajstić information content (AvgIpc) is 3.82. The number of hydrogen-bond donors (Lipinski definition) is 1. The molecule has 4 aromatic carbocycles. The van der Waals surface area contributed by atoms with Crippen LogP contribution in [0, 0.1) is 5.92 Å². The van der Waals surface area contributed by atoms with E-state index in [1.165, 1.54) is 4.90 Å². The van der Waals surface area contributed by atoms with Gasteiger partial charge in [0.2, 0.25) is 21.2 Å². The highest BCUT2D eigenvalue weighted by Gasteiger charge is 2.66. The Balaban J connectivity index is 1.29. The molecule has 0 aliphatic carbocycles. The summed E-state index contributed by atoms with van der Waals surface area (Å²) in [6.45, 7) is 5.72. The summed E-state index contributed by atoms with van der Waals surface area (Å²) < 4.78 is 25.2. The summed E-state index contributed by atoms with van der Waals surface area (Å²) in [5.41, 5.74) is 3.06. The Hall–Kier alpha value is -5.50. The van der Waals surface area contributed by atoms with Crippen molar-refractivity contribution in [3.8, 4) is 0 Å². The van der Waals surface area contributed by atoms with Crippen molar-refractivity contribution in [1.82, 2.24) is 15.0 Å². The molecule has 5 aromatic rings. The highest BCUT2D eigenvalue weighted by atomic mass is 28.4. The normalized spacial score (nSPS) is 20.6. The number of aryl methyl sites for hydroxylation is 1. The predicted octanol–water partition coefficient (Wildman–Crippen LogP) is 6.81. The fourth-order valence-electron chi connectivity index (χ4n) is 8.25. The summed E-state index contributed by atoms with van der Waals surface area (Å²) in [6, 6.07) is 31.4. The number of aliphatic hydroxyl groups excluding tert-OH is 1. The second-order valence-electron chi connectivity index (χ2n) is 14.4. The second-order valence-corrected chi connectivity index (χ2v) is 18.2. The Kier molecular flexibility index (Phi) is 10.3. The molecule has 4 atom stereocenters. The molecular weight excluding hydrogens is 704 g/mol. The van der Waals surface area contributed by atoms with Crippen LogP contribution in [0.1, 0.15) is 30.2 Å². The van der Waals surface area contributed by atoms with Gasteiger partial charge in [0.05, 0.1) is 24.0 Å². The first-order valence-corrected chi connectivity index (χ1v) is 21.1. The molecule has 1 fully saturated rings. The minimum atomic E-state index is -3.47. The van der Waals surface area contributed by atoms with E-state index in [1.807, 2.05) is 104 Å². The van der Waals surface area contributed by atoms with Crippen LogP contribution in [-0.4, -0.2) is 59.9 Å². The van der Waals surface area contributed by atoms with Gasteiger partial charge in [0, 0.05) is 65.5 Å². The largest absolute Gasteiger partial charge is 0.396 e. The van der Waals surface area contributed by atoms with Crippen molar-refractivity contribution in [1.29, 1.82) is 0 Å². The van der Waals surface area contributed by atoms with E-state index >= 15 is 8.90 Å². The van der Waals surface area contributed by atoms with E-state index in [0.29, 0.717) is 59.1 Å². The van der Waals surface area contributed by atoms with Crippen molar-refractivity contribution in [3.63, 3.8) is 0 Å². The Labute approximate surface area is 314 Å². The fourth-order valence-corrected chi connectivity index (χ4v) is 10.8. The Morgan fingerprint density at radius 2 is 1.52 bits per heavy atom. The summed E-state index contributed by atoms with van der Waals surface area (Å²) in [7, 11) is -3.47. The van der Waals surface area contributed by atoms with Gasteiger partial charge in [-0.15, -0.1) is 5.10 Å². The molecule has 1 spiro atoms. The maximum atomic E-state index is 16.6. The highest BCUT2D eigenvalue weighted by Crippen LogP contribution is 2.61. The van der Waals surface area contributed by atoms with Gasteiger partial charge in [0.25, 0.3) is 5.91 Å². The number of hydrogen-bond acceptors (Lipinski definition) is 7. The van der Waals surface area contributed by atoms with Crippen LogP contribution in [0.4, 0.5) is 32.5 Å². The van der Waals surface area contributed by atoms with Gasteiger partial charge in [-0.25, -0.2) is 0 Å². The molecule has 11 nitrogen and oxygen atoms in total. The monoisotopic (exact) mass is 746 g/mol. The van der Waals surface area contributed by atoms with Gasteiger partial charge in [-0.05, 0) is 79.7 Å². The molecule has 1 aromatic heterocycles. The van der Waals surface area contributed by atoms with Gasteiger partial charge in [0.15, 0.2) is 5.60 Å². The molecule has 0 saturated carbocycles. The molecule has 278 valence electrons. The lowest BCUT2D eigenvalue weighted by Crippen LogP contribution is -2.45. The van der Waals surface area contributed by atoms with Crippen molar-refractivity contribution < 1.29 is 28.3 Å². The number of anilines is 5. The van der Waals surface area contributed by atoms with Crippen LogP contribution < -0.4 is 14.7 Å². The lowest BCUT2D eigenvalue weighted by Gasteiger charge is -2.31. The van der Waals surface area contributed by atoms with Crippen LogP contribution in [0.3, 0.4) is 0 Å². The number of halogens is 1. The number of para-hydroxylation sites is 2. The van der Waals surface area contributed by atoms with Crippen molar-refractivity contribution in [2.24, 2.45) is 5.92 Å². The van der Waals surface area contributed by atoms with Gasteiger partial charge >= 0.3 is 0 Å². The van der Waals surface area contributed by atoms with Gasteiger partial charge < -0.3 is 18.9 Å². The Bertz CT molecular complexity index is 2130. The van der Waals surface area contributed by atoms with E-state index < -0.39 is 31.6 Å². The number of benzene rings is 4. The van der Waals surface area contributed by atoms with Crippen molar-refractivity contribution in [3.05, 3.63) is 126 Å². The smallest absolute Gasteiger partial charge is 0.264 e. The van der Waals surface area contributed by atoms with E-state index in [9.17, 15) is 14.7 Å². The van der Waals surface area contributed by atoms with Crippen LogP contribution in [0.2, 0.25) is 18.6 Å². The number of aromatic nitrogens is 3. The van der Waals surface area contributed by atoms with E-state index in [4.69, 9.17) is 4.74 Å². The average molecular weight is 747 g/mol. The zero-order chi connectivity index (χ0) is 38.0.